The largest absolute Gasteiger partial charge is 0.573 e. The number of hydrogen-bond donors (Lipinski definition) is 1. The van der Waals surface area contributed by atoms with E-state index in [9.17, 15) is 13.2 Å². The maximum atomic E-state index is 12.8. The van der Waals surface area contributed by atoms with Crippen LogP contribution in [-0.2, 0) is 0 Å². The first-order valence-electron chi connectivity index (χ1n) is 11.6. The minimum Gasteiger partial charge on any atom is -0.420 e. The molecule has 2 aromatic heterocycles. The van der Waals surface area contributed by atoms with Gasteiger partial charge in [0, 0.05) is 19.1 Å². The van der Waals surface area contributed by atoms with Gasteiger partial charge in [0.1, 0.15) is 5.00 Å². The number of fused-ring (bicyclic) bond motifs is 2. The molecule has 1 N–H and O–H groups in total. The van der Waals surface area contributed by atoms with Crippen molar-refractivity contribution in [1.29, 1.82) is 0 Å². The molecule has 2 atom stereocenters. The van der Waals surface area contributed by atoms with Crippen molar-refractivity contribution in [3.63, 3.8) is 0 Å². The molecule has 2 bridgehead atoms. The van der Waals surface area contributed by atoms with E-state index in [1.54, 1.807) is 10.7 Å². The molecule has 5 rings (SSSR count). The first-order valence-corrected chi connectivity index (χ1v) is 12.4. The normalized spacial score (nSPS) is 22.0. The van der Waals surface area contributed by atoms with Crippen LogP contribution in [0.25, 0.3) is 0 Å². The van der Waals surface area contributed by atoms with Gasteiger partial charge in [0.2, 0.25) is 5.95 Å². The molecule has 2 unspecified atom stereocenters. The molecule has 188 valence electrons. The van der Waals surface area contributed by atoms with Crippen molar-refractivity contribution in [3.8, 4) is 17.5 Å². The smallest absolute Gasteiger partial charge is 0.420 e. The maximum Gasteiger partial charge on any atom is 0.573 e. The Morgan fingerprint density at radius 3 is 2.40 bits per heavy atom. The van der Waals surface area contributed by atoms with Crippen LogP contribution >= 0.6 is 11.5 Å². The highest BCUT2D eigenvalue weighted by Gasteiger charge is 2.43. The summed E-state index contributed by atoms with van der Waals surface area (Å²) in [6.45, 7) is 7.69. The van der Waals surface area contributed by atoms with Crippen LogP contribution < -0.4 is 19.7 Å². The Hall–Kier alpha value is -3.02. The number of benzene rings is 1. The van der Waals surface area contributed by atoms with E-state index in [1.807, 2.05) is 20.8 Å². The summed E-state index contributed by atoms with van der Waals surface area (Å²) < 4.78 is 54.3. The molecule has 8 nitrogen and oxygen atoms in total. The highest BCUT2D eigenvalue weighted by Crippen LogP contribution is 2.41. The van der Waals surface area contributed by atoms with Crippen LogP contribution in [0.2, 0.25) is 0 Å². The Balaban J connectivity index is 1.33. The monoisotopic (exact) mass is 508 g/mol. The molecule has 2 aliphatic rings. The van der Waals surface area contributed by atoms with E-state index in [-0.39, 0.29) is 23.8 Å². The second-order valence-electron chi connectivity index (χ2n) is 9.33. The Kier molecular flexibility index (Phi) is 6.24. The van der Waals surface area contributed by atoms with Gasteiger partial charge >= 0.3 is 12.4 Å². The summed E-state index contributed by atoms with van der Waals surface area (Å²) in [6, 6.07) is 7.97. The van der Waals surface area contributed by atoms with Crippen LogP contribution in [0.1, 0.15) is 38.4 Å². The van der Waals surface area contributed by atoms with Gasteiger partial charge in [-0.25, -0.2) is 4.68 Å². The third-order valence-corrected chi connectivity index (χ3v) is 7.36. The minimum absolute atomic E-state index is 0.0843. The van der Waals surface area contributed by atoms with Crippen molar-refractivity contribution in [2.45, 2.75) is 52.1 Å². The summed E-state index contributed by atoms with van der Waals surface area (Å²) >= 11 is 1.54. The van der Waals surface area contributed by atoms with Crippen LogP contribution in [0.3, 0.4) is 0 Å². The van der Waals surface area contributed by atoms with E-state index in [0.717, 1.165) is 31.6 Å². The number of aryl methyl sites for hydroxylation is 1. The Bertz CT molecular complexity index is 1170. The van der Waals surface area contributed by atoms with Crippen molar-refractivity contribution in [3.05, 3.63) is 36.0 Å². The van der Waals surface area contributed by atoms with Gasteiger partial charge in [-0.2, -0.15) is 9.36 Å². The van der Waals surface area contributed by atoms with E-state index < -0.39 is 12.1 Å². The third kappa shape index (κ3) is 5.16. The molecular formula is C23H27F3N6O2S. The molecule has 1 aliphatic carbocycles. The van der Waals surface area contributed by atoms with Gasteiger partial charge in [-0.05, 0) is 75.2 Å². The number of rotatable bonds is 7. The zero-order valence-corrected chi connectivity index (χ0v) is 20.4. The molecule has 2 fully saturated rings. The lowest BCUT2D eigenvalue weighted by atomic mass is 9.92. The van der Waals surface area contributed by atoms with Gasteiger partial charge in [0.05, 0.1) is 11.7 Å². The van der Waals surface area contributed by atoms with Crippen LogP contribution in [0.4, 0.5) is 24.1 Å². The van der Waals surface area contributed by atoms with E-state index in [1.165, 1.54) is 34.7 Å². The lowest BCUT2D eigenvalue weighted by molar-refractivity contribution is -0.275. The van der Waals surface area contributed by atoms with Crippen molar-refractivity contribution < 1.29 is 22.6 Å². The fraction of sp³-hybridized carbons (Fsp3) is 0.522. The van der Waals surface area contributed by atoms with Crippen LogP contribution in [0.15, 0.2) is 30.3 Å². The molecule has 0 spiro atoms. The number of para-hydroxylation sites is 2. The molecule has 0 amide bonds. The van der Waals surface area contributed by atoms with E-state index in [4.69, 9.17) is 4.74 Å². The molecule has 3 aromatic rings. The fourth-order valence-electron chi connectivity index (χ4n) is 4.90. The molecule has 1 aliphatic heterocycles. The van der Waals surface area contributed by atoms with E-state index >= 15 is 0 Å². The van der Waals surface area contributed by atoms with Crippen molar-refractivity contribution in [2.24, 2.45) is 11.8 Å². The summed E-state index contributed by atoms with van der Waals surface area (Å²) in [7, 11) is 0. The molecule has 3 heterocycles. The molecule has 1 aromatic carbocycles. The topological polar surface area (TPSA) is 77.3 Å². The van der Waals surface area contributed by atoms with Gasteiger partial charge in [0.25, 0.3) is 0 Å². The standard InChI is InChI=1S/C23H27F3N6O2S/c1-13(2)32-22(33-17-6-4-5-7-18(17)34-23(24,25)26)28-21(29-32)27-20-15-8-9-16(20)12-31(11-15)19-10-14(3)30-35-19/h4-7,10,13,15-16,20H,8-9,11-12H2,1-3H3,(H,27,29). The lowest BCUT2D eigenvalue weighted by Crippen LogP contribution is -2.48. The molecule has 0 radical (unpaired) electrons. The van der Waals surface area contributed by atoms with Crippen LogP contribution in [-0.4, -0.2) is 44.6 Å². The predicted octanol–water partition coefficient (Wildman–Crippen LogP) is 5.64. The summed E-state index contributed by atoms with van der Waals surface area (Å²) in [4.78, 5) is 6.91. The van der Waals surface area contributed by atoms with Gasteiger partial charge in [-0.1, -0.05) is 12.1 Å². The van der Waals surface area contributed by atoms with Gasteiger partial charge in [-0.3, -0.25) is 0 Å². The minimum atomic E-state index is -4.83. The number of alkyl halides is 3. The maximum absolute atomic E-state index is 12.8. The Labute approximate surface area is 205 Å². The first kappa shape index (κ1) is 23.7. The number of nitrogens with one attached hydrogen (secondary N) is 1. The summed E-state index contributed by atoms with van der Waals surface area (Å²) in [5, 5.41) is 9.27. The lowest BCUT2D eigenvalue weighted by Gasteiger charge is -2.38. The molecule has 35 heavy (non-hydrogen) atoms. The second-order valence-corrected chi connectivity index (χ2v) is 10.1. The number of halogens is 3. The van der Waals surface area contributed by atoms with Crippen molar-refractivity contribution in [2.75, 3.05) is 23.3 Å². The fourth-order valence-corrected chi connectivity index (χ4v) is 5.68. The van der Waals surface area contributed by atoms with Crippen LogP contribution in [0, 0.1) is 18.8 Å². The zero-order valence-electron chi connectivity index (χ0n) is 19.6. The first-order chi connectivity index (χ1) is 16.7. The molecular weight excluding hydrogens is 481 g/mol. The quantitative estimate of drug-likeness (QED) is 0.442. The van der Waals surface area contributed by atoms with E-state index in [0.29, 0.717) is 17.8 Å². The van der Waals surface area contributed by atoms with Gasteiger partial charge < -0.3 is 19.7 Å². The highest BCUT2D eigenvalue weighted by molar-refractivity contribution is 7.10. The number of nitrogens with zero attached hydrogens (tertiary/aromatic N) is 5. The van der Waals surface area contributed by atoms with Gasteiger partial charge in [0.15, 0.2) is 11.5 Å². The number of aromatic nitrogens is 4. The third-order valence-electron chi connectivity index (χ3n) is 6.42. The highest BCUT2D eigenvalue weighted by atomic mass is 32.1. The summed E-state index contributed by atoms with van der Waals surface area (Å²) in [5.41, 5.74) is 1.04. The number of ether oxygens (including phenoxy) is 2. The predicted molar refractivity (Wildman–Crippen MR) is 126 cm³/mol. The molecule has 1 saturated carbocycles. The number of anilines is 2. The number of piperidine rings is 1. The molecule has 12 heteroatoms. The molecule has 1 saturated heterocycles. The zero-order chi connectivity index (χ0) is 24.7. The van der Waals surface area contributed by atoms with Gasteiger partial charge in [-0.15, -0.1) is 18.3 Å². The number of hydrogen-bond acceptors (Lipinski definition) is 8. The summed E-state index contributed by atoms with van der Waals surface area (Å²) in [5.74, 6) is 0.766. The van der Waals surface area contributed by atoms with E-state index in [2.05, 4.69) is 35.5 Å². The average Bonchev–Trinajstić information content (AvgIpc) is 3.45. The SMILES string of the molecule is Cc1cc(N2CC3CCC(C2)C3Nc2nc(Oc3ccccc3OC(F)(F)F)n(C(C)C)n2)sn1. The Morgan fingerprint density at radius 1 is 1.11 bits per heavy atom. The van der Waals surface area contributed by atoms with Crippen molar-refractivity contribution in [1.82, 2.24) is 19.1 Å². The summed E-state index contributed by atoms with van der Waals surface area (Å²) in [6.07, 6.45) is -2.59. The second kappa shape index (κ2) is 9.21. The Morgan fingerprint density at radius 2 is 1.80 bits per heavy atom. The van der Waals surface area contributed by atoms with Crippen LogP contribution in [0.5, 0.6) is 17.5 Å². The average molecular weight is 509 g/mol. The van der Waals surface area contributed by atoms with Crippen molar-refractivity contribution >= 4 is 22.5 Å².